The first-order valence-electron chi connectivity index (χ1n) is 5.98. The summed E-state index contributed by atoms with van der Waals surface area (Å²) < 4.78 is 4.82. The molecule has 96 valence electrons. The van der Waals surface area contributed by atoms with E-state index in [0.29, 0.717) is 6.42 Å². The van der Waals surface area contributed by atoms with E-state index in [1.807, 2.05) is 24.3 Å². The topological polar surface area (TPSA) is 63.6 Å². The van der Waals surface area contributed by atoms with Crippen molar-refractivity contribution in [2.75, 3.05) is 7.11 Å². The van der Waals surface area contributed by atoms with Crippen molar-refractivity contribution in [2.24, 2.45) is 0 Å². The second-order valence-electron chi connectivity index (χ2n) is 4.66. The Kier molecular flexibility index (Phi) is 3.36. The molecule has 1 aliphatic carbocycles. The first-order chi connectivity index (χ1) is 8.58. The lowest BCUT2D eigenvalue weighted by Crippen LogP contribution is -2.21. The van der Waals surface area contributed by atoms with Crippen molar-refractivity contribution in [3.63, 3.8) is 0 Å². The first kappa shape index (κ1) is 12.6. The van der Waals surface area contributed by atoms with Crippen LogP contribution in [0.2, 0.25) is 0 Å². The Morgan fingerprint density at radius 2 is 1.89 bits per heavy atom. The largest absolute Gasteiger partial charge is 0.481 e. The van der Waals surface area contributed by atoms with Gasteiger partial charge < -0.3 is 9.84 Å². The van der Waals surface area contributed by atoms with E-state index in [1.165, 1.54) is 7.11 Å². The molecule has 0 amide bonds. The minimum absolute atomic E-state index is 0.126. The maximum Gasteiger partial charge on any atom is 0.316 e. The van der Waals surface area contributed by atoms with Crippen LogP contribution in [0.15, 0.2) is 24.3 Å². The van der Waals surface area contributed by atoms with Crippen LogP contribution in [0, 0.1) is 0 Å². The molecule has 0 aliphatic heterocycles. The van der Waals surface area contributed by atoms with Gasteiger partial charge >= 0.3 is 11.9 Å². The van der Waals surface area contributed by atoms with Gasteiger partial charge in [-0.1, -0.05) is 24.3 Å². The van der Waals surface area contributed by atoms with Gasteiger partial charge in [0.05, 0.1) is 12.5 Å². The van der Waals surface area contributed by atoms with E-state index in [9.17, 15) is 9.59 Å². The molecule has 0 atom stereocenters. The molecule has 1 aromatic carbocycles. The number of benzene rings is 1. The fourth-order valence-electron chi connectivity index (χ4n) is 2.17. The van der Waals surface area contributed by atoms with Crippen molar-refractivity contribution in [1.29, 1.82) is 0 Å². The van der Waals surface area contributed by atoms with Gasteiger partial charge in [0.15, 0.2) is 0 Å². The molecule has 1 N–H and O–H groups in total. The number of ether oxygens (including phenoxy) is 1. The average molecular weight is 248 g/mol. The molecule has 2 rings (SSSR count). The van der Waals surface area contributed by atoms with E-state index in [1.54, 1.807) is 0 Å². The molecule has 0 bridgehead atoms. The summed E-state index contributed by atoms with van der Waals surface area (Å²) in [7, 11) is 1.41. The molecule has 4 nitrogen and oxygen atoms in total. The van der Waals surface area contributed by atoms with Gasteiger partial charge in [-0.2, -0.15) is 0 Å². The van der Waals surface area contributed by atoms with E-state index in [2.05, 4.69) is 0 Å². The number of methoxy groups -OCH3 is 1. The molecule has 0 radical (unpaired) electrons. The standard InChI is InChI=1S/C14H16O4/c1-18-13(17)14(8-9-14)11-5-2-10(3-6-11)4-7-12(15)16/h2-3,5-6H,4,7-9H2,1H3,(H,15,16). The molecule has 1 saturated carbocycles. The highest BCUT2D eigenvalue weighted by atomic mass is 16.5. The molecular weight excluding hydrogens is 232 g/mol. The third kappa shape index (κ3) is 2.37. The average Bonchev–Trinajstić information content (AvgIpc) is 3.17. The minimum atomic E-state index is -0.799. The van der Waals surface area contributed by atoms with Gasteiger partial charge in [-0.15, -0.1) is 0 Å². The number of esters is 1. The van der Waals surface area contributed by atoms with E-state index >= 15 is 0 Å². The molecule has 1 aliphatic rings. The van der Waals surface area contributed by atoms with Crippen molar-refractivity contribution in [1.82, 2.24) is 0 Å². The van der Waals surface area contributed by atoms with Crippen LogP contribution in [0.25, 0.3) is 0 Å². The number of aryl methyl sites for hydroxylation is 1. The molecule has 4 heteroatoms. The zero-order chi connectivity index (χ0) is 13.2. The maximum absolute atomic E-state index is 11.7. The van der Waals surface area contributed by atoms with Gasteiger partial charge in [0.25, 0.3) is 0 Å². The summed E-state index contributed by atoms with van der Waals surface area (Å²) in [5.41, 5.74) is 1.50. The third-order valence-corrected chi connectivity index (χ3v) is 3.46. The Bertz CT molecular complexity index is 457. The molecule has 0 spiro atoms. The number of carbonyl (C=O) groups is 2. The summed E-state index contributed by atoms with van der Waals surface area (Å²) in [6.45, 7) is 0. The van der Waals surface area contributed by atoms with Crippen LogP contribution in [0.5, 0.6) is 0 Å². The lowest BCUT2D eigenvalue weighted by Gasteiger charge is -2.13. The van der Waals surface area contributed by atoms with E-state index in [4.69, 9.17) is 9.84 Å². The third-order valence-electron chi connectivity index (χ3n) is 3.46. The summed E-state index contributed by atoms with van der Waals surface area (Å²) >= 11 is 0. The number of carboxylic acids is 1. The Hall–Kier alpha value is -1.84. The molecule has 18 heavy (non-hydrogen) atoms. The highest BCUT2D eigenvalue weighted by molar-refractivity contribution is 5.86. The van der Waals surface area contributed by atoms with Crippen LogP contribution in [-0.4, -0.2) is 24.2 Å². The summed E-state index contributed by atoms with van der Waals surface area (Å²) in [4.78, 5) is 22.2. The van der Waals surface area contributed by atoms with Crippen LogP contribution >= 0.6 is 0 Å². The van der Waals surface area contributed by atoms with Crippen LogP contribution in [-0.2, 0) is 26.2 Å². The lowest BCUT2D eigenvalue weighted by molar-refractivity contribution is -0.143. The van der Waals surface area contributed by atoms with Gasteiger partial charge in [0.1, 0.15) is 0 Å². The number of aliphatic carboxylic acids is 1. The van der Waals surface area contributed by atoms with Crippen molar-refractivity contribution in [3.05, 3.63) is 35.4 Å². The van der Waals surface area contributed by atoms with Gasteiger partial charge in [-0.3, -0.25) is 9.59 Å². The Balaban J connectivity index is 2.08. The van der Waals surface area contributed by atoms with Crippen molar-refractivity contribution >= 4 is 11.9 Å². The van der Waals surface area contributed by atoms with Gasteiger partial charge in [0, 0.05) is 6.42 Å². The number of hydrogen-bond acceptors (Lipinski definition) is 3. The number of hydrogen-bond donors (Lipinski definition) is 1. The van der Waals surface area contributed by atoms with E-state index in [0.717, 1.165) is 24.0 Å². The zero-order valence-electron chi connectivity index (χ0n) is 10.3. The normalized spacial score (nSPS) is 16.1. The van der Waals surface area contributed by atoms with Crippen molar-refractivity contribution < 1.29 is 19.4 Å². The van der Waals surface area contributed by atoms with E-state index in [-0.39, 0.29) is 12.4 Å². The fraction of sp³-hybridized carbons (Fsp3) is 0.429. The van der Waals surface area contributed by atoms with E-state index < -0.39 is 11.4 Å². The maximum atomic E-state index is 11.7. The monoisotopic (exact) mass is 248 g/mol. The molecule has 0 saturated heterocycles. The van der Waals surface area contributed by atoms with Crippen LogP contribution in [0.4, 0.5) is 0 Å². The van der Waals surface area contributed by atoms with Crippen LogP contribution in [0.1, 0.15) is 30.4 Å². The highest BCUT2D eigenvalue weighted by Gasteiger charge is 2.52. The molecule has 1 aromatic rings. The quantitative estimate of drug-likeness (QED) is 0.808. The smallest absolute Gasteiger partial charge is 0.316 e. The van der Waals surface area contributed by atoms with Crippen molar-refractivity contribution in [3.8, 4) is 0 Å². The van der Waals surface area contributed by atoms with Gasteiger partial charge in [0.2, 0.25) is 0 Å². The van der Waals surface area contributed by atoms with Gasteiger partial charge in [-0.05, 0) is 30.4 Å². The van der Waals surface area contributed by atoms with Crippen LogP contribution in [0.3, 0.4) is 0 Å². The molecule has 0 aromatic heterocycles. The van der Waals surface area contributed by atoms with Crippen molar-refractivity contribution in [2.45, 2.75) is 31.1 Å². The van der Waals surface area contributed by atoms with Gasteiger partial charge in [-0.25, -0.2) is 0 Å². The molecule has 0 unspecified atom stereocenters. The highest BCUT2D eigenvalue weighted by Crippen LogP contribution is 2.49. The Morgan fingerprint density at radius 1 is 1.28 bits per heavy atom. The van der Waals surface area contributed by atoms with Crippen LogP contribution < -0.4 is 0 Å². The zero-order valence-corrected chi connectivity index (χ0v) is 10.3. The predicted octanol–water partition coefficient (Wildman–Crippen LogP) is 1.91. The molecule has 0 heterocycles. The number of rotatable bonds is 5. The fourth-order valence-corrected chi connectivity index (χ4v) is 2.17. The Morgan fingerprint density at radius 3 is 2.33 bits per heavy atom. The second-order valence-corrected chi connectivity index (χ2v) is 4.66. The summed E-state index contributed by atoms with van der Waals surface area (Å²) in [6, 6.07) is 7.59. The lowest BCUT2D eigenvalue weighted by atomic mass is 9.94. The summed E-state index contributed by atoms with van der Waals surface area (Å²) in [6.07, 6.45) is 2.30. The second kappa shape index (κ2) is 4.80. The number of carbonyl (C=O) groups excluding carboxylic acids is 1. The first-order valence-corrected chi connectivity index (χ1v) is 5.98. The number of carboxylic acid groups (broad SMARTS) is 1. The summed E-state index contributed by atoms with van der Waals surface area (Å²) in [5, 5.41) is 8.61. The SMILES string of the molecule is COC(=O)C1(c2ccc(CCC(=O)O)cc2)CC1. The Labute approximate surface area is 106 Å². The minimum Gasteiger partial charge on any atom is -0.481 e. The predicted molar refractivity (Wildman–Crippen MR) is 65.3 cm³/mol. The summed E-state index contributed by atoms with van der Waals surface area (Å²) in [5.74, 6) is -0.979. The molecular formula is C14H16O4. The molecule has 1 fully saturated rings.